The van der Waals surface area contributed by atoms with Gasteiger partial charge in [-0.25, -0.2) is 9.78 Å². The molecule has 2 rings (SSSR count). The lowest BCUT2D eigenvalue weighted by Crippen LogP contribution is -1.99. The zero-order valence-electron chi connectivity index (χ0n) is 6.41. The number of rotatable bonds is 1. The van der Waals surface area contributed by atoms with Crippen molar-refractivity contribution in [3.8, 4) is 0 Å². The molecule has 0 fully saturated rings. The van der Waals surface area contributed by atoms with E-state index >= 15 is 0 Å². The van der Waals surface area contributed by atoms with Gasteiger partial charge in [0.15, 0.2) is 5.69 Å². The summed E-state index contributed by atoms with van der Waals surface area (Å²) in [6.07, 6.45) is 1.72. The lowest BCUT2D eigenvalue weighted by molar-refractivity contribution is 0.0691. The number of carboxylic acid groups (broad SMARTS) is 1. The summed E-state index contributed by atoms with van der Waals surface area (Å²) in [6, 6.07) is 3.32. The third kappa shape index (κ3) is 1.31. The minimum atomic E-state index is -1.03. The van der Waals surface area contributed by atoms with Gasteiger partial charge < -0.3 is 10.1 Å². The topological polar surface area (TPSA) is 66.0 Å². The number of hydrogen-bond donors (Lipinski definition) is 2. The van der Waals surface area contributed by atoms with E-state index in [4.69, 9.17) is 5.11 Å². The van der Waals surface area contributed by atoms with Crippen molar-refractivity contribution in [2.75, 3.05) is 0 Å². The van der Waals surface area contributed by atoms with Gasteiger partial charge in [-0.2, -0.15) is 0 Å². The number of carboxylic acids is 1. The van der Waals surface area contributed by atoms with Crippen LogP contribution in [0.15, 0.2) is 22.8 Å². The number of H-pyrrole nitrogens is 1. The van der Waals surface area contributed by atoms with Crippen LogP contribution in [0.5, 0.6) is 0 Å². The summed E-state index contributed by atoms with van der Waals surface area (Å²) in [5, 5.41) is 9.59. The van der Waals surface area contributed by atoms with Crippen LogP contribution < -0.4 is 0 Å². The monoisotopic (exact) mass is 240 g/mol. The van der Waals surface area contributed by atoms with Gasteiger partial charge in [-0.15, -0.1) is 0 Å². The highest BCUT2D eigenvalue weighted by molar-refractivity contribution is 9.10. The maximum absolute atomic E-state index is 10.6. The van der Waals surface area contributed by atoms with Crippen LogP contribution in [0.1, 0.15) is 10.5 Å². The molecule has 0 aliphatic carbocycles. The highest BCUT2D eigenvalue weighted by atomic mass is 79.9. The predicted molar refractivity (Wildman–Crippen MR) is 50.8 cm³/mol. The van der Waals surface area contributed by atoms with Gasteiger partial charge in [-0.3, -0.25) is 0 Å². The third-order valence-corrected chi connectivity index (χ3v) is 2.35. The Bertz CT molecular complexity index is 478. The van der Waals surface area contributed by atoms with Crippen molar-refractivity contribution >= 4 is 32.9 Å². The van der Waals surface area contributed by atoms with E-state index in [0.29, 0.717) is 5.65 Å². The number of aromatic carboxylic acids is 1. The standard InChI is InChI=1S/C8H5BrN2O2/c9-5-3-6(8(12)13)11-7-4(5)1-2-10-7/h1-3H,(H,10,11)(H,12,13). The van der Waals surface area contributed by atoms with Crippen LogP contribution >= 0.6 is 15.9 Å². The molecule has 13 heavy (non-hydrogen) atoms. The number of pyridine rings is 1. The van der Waals surface area contributed by atoms with Gasteiger partial charge >= 0.3 is 5.97 Å². The fraction of sp³-hybridized carbons (Fsp3) is 0. The number of nitrogens with zero attached hydrogens (tertiary/aromatic N) is 1. The van der Waals surface area contributed by atoms with Crippen molar-refractivity contribution in [1.82, 2.24) is 9.97 Å². The fourth-order valence-corrected chi connectivity index (χ4v) is 1.64. The summed E-state index contributed by atoms with van der Waals surface area (Å²) in [5.41, 5.74) is 0.605. The van der Waals surface area contributed by atoms with Crippen LogP contribution in [-0.2, 0) is 0 Å². The molecule has 0 spiro atoms. The first-order valence-corrected chi connectivity index (χ1v) is 4.34. The average Bonchev–Trinajstić information content (AvgIpc) is 2.51. The van der Waals surface area contributed by atoms with Gasteiger partial charge in [0.25, 0.3) is 0 Å². The Balaban J connectivity index is 2.77. The van der Waals surface area contributed by atoms with Gasteiger partial charge in [0, 0.05) is 16.1 Å². The molecule has 0 unspecified atom stereocenters. The first-order valence-electron chi connectivity index (χ1n) is 3.55. The summed E-state index contributed by atoms with van der Waals surface area (Å²) in [7, 11) is 0. The van der Waals surface area contributed by atoms with Gasteiger partial charge in [0.05, 0.1) is 0 Å². The molecule has 4 nitrogen and oxygen atoms in total. The Morgan fingerprint density at radius 1 is 1.62 bits per heavy atom. The van der Waals surface area contributed by atoms with Crippen molar-refractivity contribution in [1.29, 1.82) is 0 Å². The van der Waals surface area contributed by atoms with Crippen LogP contribution in [-0.4, -0.2) is 21.0 Å². The molecule has 0 amide bonds. The van der Waals surface area contributed by atoms with E-state index in [1.54, 1.807) is 6.20 Å². The number of carbonyl (C=O) groups is 1. The highest BCUT2D eigenvalue weighted by Gasteiger charge is 2.09. The van der Waals surface area contributed by atoms with E-state index in [2.05, 4.69) is 25.9 Å². The third-order valence-electron chi connectivity index (χ3n) is 1.70. The molecule has 0 atom stereocenters. The van der Waals surface area contributed by atoms with E-state index in [0.717, 1.165) is 9.86 Å². The molecule has 0 radical (unpaired) electrons. The second-order valence-electron chi connectivity index (χ2n) is 2.53. The van der Waals surface area contributed by atoms with E-state index in [-0.39, 0.29) is 5.69 Å². The summed E-state index contributed by atoms with van der Waals surface area (Å²) >= 11 is 3.27. The number of hydrogen-bond acceptors (Lipinski definition) is 2. The predicted octanol–water partition coefficient (Wildman–Crippen LogP) is 2.02. The number of halogens is 1. The van der Waals surface area contributed by atoms with E-state index in [1.165, 1.54) is 6.07 Å². The molecule has 0 aliphatic rings. The number of fused-ring (bicyclic) bond motifs is 1. The zero-order valence-corrected chi connectivity index (χ0v) is 8.00. The van der Waals surface area contributed by atoms with Crippen LogP contribution in [0, 0.1) is 0 Å². The molecule has 2 aromatic rings. The van der Waals surface area contributed by atoms with E-state index < -0.39 is 5.97 Å². The molecular formula is C8H5BrN2O2. The minimum absolute atomic E-state index is 0.0295. The maximum Gasteiger partial charge on any atom is 0.354 e. The summed E-state index contributed by atoms with van der Waals surface area (Å²) < 4.78 is 0.733. The minimum Gasteiger partial charge on any atom is -0.477 e. The van der Waals surface area contributed by atoms with E-state index in [1.807, 2.05) is 6.07 Å². The first-order chi connectivity index (χ1) is 6.18. The van der Waals surface area contributed by atoms with Crippen LogP contribution in [0.25, 0.3) is 11.0 Å². The molecule has 0 aromatic carbocycles. The Morgan fingerprint density at radius 3 is 3.08 bits per heavy atom. The molecule has 2 aromatic heterocycles. The molecule has 66 valence electrons. The number of aromatic amines is 1. The van der Waals surface area contributed by atoms with Crippen LogP contribution in [0.4, 0.5) is 0 Å². The van der Waals surface area contributed by atoms with Crippen LogP contribution in [0.3, 0.4) is 0 Å². The molecule has 2 heterocycles. The molecule has 5 heteroatoms. The smallest absolute Gasteiger partial charge is 0.354 e. The fourth-order valence-electron chi connectivity index (χ4n) is 1.11. The second kappa shape index (κ2) is 2.85. The first kappa shape index (κ1) is 8.25. The Kier molecular flexibility index (Phi) is 1.81. The average molecular weight is 241 g/mol. The number of nitrogens with one attached hydrogen (secondary N) is 1. The summed E-state index contributed by atoms with van der Waals surface area (Å²) in [4.78, 5) is 17.4. The lowest BCUT2D eigenvalue weighted by atomic mass is 10.3. The van der Waals surface area contributed by atoms with Gasteiger partial charge in [0.1, 0.15) is 5.65 Å². The summed E-state index contributed by atoms with van der Waals surface area (Å²) in [6.45, 7) is 0. The van der Waals surface area contributed by atoms with Gasteiger partial charge in [-0.1, -0.05) is 0 Å². The van der Waals surface area contributed by atoms with Crippen molar-refractivity contribution < 1.29 is 9.90 Å². The second-order valence-corrected chi connectivity index (χ2v) is 3.39. The zero-order chi connectivity index (χ0) is 9.42. The van der Waals surface area contributed by atoms with Gasteiger partial charge in [0.2, 0.25) is 0 Å². The number of aromatic nitrogens is 2. The van der Waals surface area contributed by atoms with E-state index in [9.17, 15) is 4.79 Å². The lowest BCUT2D eigenvalue weighted by Gasteiger charge is -1.96. The Morgan fingerprint density at radius 2 is 2.38 bits per heavy atom. The summed E-state index contributed by atoms with van der Waals surface area (Å²) in [5.74, 6) is -1.03. The largest absolute Gasteiger partial charge is 0.477 e. The SMILES string of the molecule is O=C(O)c1cc(Br)c2cc[nH]c2n1. The molecular weight excluding hydrogens is 236 g/mol. The van der Waals surface area contributed by atoms with Crippen molar-refractivity contribution in [2.24, 2.45) is 0 Å². The highest BCUT2D eigenvalue weighted by Crippen LogP contribution is 2.22. The molecule has 0 saturated heterocycles. The van der Waals surface area contributed by atoms with Crippen molar-refractivity contribution in [3.05, 3.63) is 28.5 Å². The molecule has 0 aliphatic heterocycles. The maximum atomic E-state index is 10.6. The molecule has 0 bridgehead atoms. The van der Waals surface area contributed by atoms with Crippen molar-refractivity contribution in [2.45, 2.75) is 0 Å². The molecule has 2 N–H and O–H groups in total. The quantitative estimate of drug-likeness (QED) is 0.802. The van der Waals surface area contributed by atoms with Gasteiger partial charge in [-0.05, 0) is 28.1 Å². The Labute approximate surface area is 81.7 Å². The van der Waals surface area contributed by atoms with Crippen molar-refractivity contribution in [3.63, 3.8) is 0 Å². The van der Waals surface area contributed by atoms with Crippen LogP contribution in [0.2, 0.25) is 0 Å². The molecule has 0 saturated carbocycles. The normalized spacial score (nSPS) is 10.5. The Hall–Kier alpha value is -1.36.